The predicted octanol–water partition coefficient (Wildman–Crippen LogP) is 7.68. The minimum absolute atomic E-state index is 0.379. The molecule has 10 heteroatoms. The number of alkyl halides is 3. The molecule has 0 saturated carbocycles. The number of hydrogen-bond acceptors (Lipinski definition) is 6. The van der Waals surface area contributed by atoms with Crippen molar-refractivity contribution in [1.29, 1.82) is 5.53 Å². The van der Waals surface area contributed by atoms with Crippen LogP contribution in [-0.2, 0) is 11.0 Å². The van der Waals surface area contributed by atoms with Gasteiger partial charge >= 0.3 is 6.18 Å². The molecule has 0 aliphatic carbocycles. The molecule has 2 aliphatic heterocycles. The number of carbonyl (C=O) groups excluding carboxylic acids is 1. The van der Waals surface area contributed by atoms with Gasteiger partial charge in [0.25, 0.3) is 5.91 Å². The Hall–Kier alpha value is -3.95. The van der Waals surface area contributed by atoms with Crippen LogP contribution in [0.5, 0.6) is 5.75 Å². The third kappa shape index (κ3) is 6.55. The minimum atomic E-state index is -4.45. The van der Waals surface area contributed by atoms with E-state index in [2.05, 4.69) is 41.5 Å². The van der Waals surface area contributed by atoms with E-state index in [9.17, 15) is 18.0 Å². The molecule has 206 valence electrons. The Bertz CT molecular complexity index is 1320. The molecule has 0 fully saturated rings. The molecule has 0 aromatic heterocycles. The van der Waals surface area contributed by atoms with Gasteiger partial charge in [-0.2, -0.15) is 18.3 Å². The number of nitrogens with one attached hydrogen (secondary N) is 2. The van der Waals surface area contributed by atoms with Crippen molar-refractivity contribution >= 4 is 23.0 Å². The van der Waals surface area contributed by atoms with Gasteiger partial charge < -0.3 is 15.0 Å². The largest absolute Gasteiger partial charge is 0.494 e. The second-order valence-electron chi connectivity index (χ2n) is 9.86. The van der Waals surface area contributed by atoms with E-state index < -0.39 is 29.7 Å². The maximum atomic E-state index is 13.2. The van der Waals surface area contributed by atoms with Gasteiger partial charge in [0.05, 0.1) is 24.4 Å². The van der Waals surface area contributed by atoms with Crippen LogP contribution in [0.4, 0.5) is 24.5 Å². The number of carbonyl (C=O) groups is 1. The monoisotopic (exact) mass is 539 g/mol. The molecule has 0 bridgehead atoms. The number of rotatable bonds is 7. The Balaban J connectivity index is 1.53. The van der Waals surface area contributed by atoms with Gasteiger partial charge in [0.1, 0.15) is 5.75 Å². The summed E-state index contributed by atoms with van der Waals surface area (Å²) in [7, 11) is 1.55. The van der Waals surface area contributed by atoms with E-state index in [0.29, 0.717) is 47.9 Å². The Kier molecular flexibility index (Phi) is 8.52. The van der Waals surface area contributed by atoms with Crippen molar-refractivity contribution in [2.75, 3.05) is 17.3 Å². The molecule has 0 saturated heterocycles. The molecule has 2 N–H and O–H groups in total. The quantitative estimate of drug-likeness (QED) is 0.354. The molecule has 2 aromatic rings. The summed E-state index contributed by atoms with van der Waals surface area (Å²) >= 11 is 0. The number of ether oxygens (including phenoxy) is 1. The highest BCUT2D eigenvalue weighted by molar-refractivity contribution is 6.13. The first-order valence-corrected chi connectivity index (χ1v) is 12.8. The number of aliphatic imine (C=N–C) groups is 1. The van der Waals surface area contributed by atoms with E-state index in [1.165, 1.54) is 11.6 Å². The molecule has 2 heterocycles. The molecule has 2 aromatic carbocycles. The third-order valence-corrected chi connectivity index (χ3v) is 7.13. The summed E-state index contributed by atoms with van der Waals surface area (Å²) < 4.78 is 45.2. The molecule has 1 amide bonds. The molecule has 4 rings (SSSR count). The maximum Gasteiger partial charge on any atom is 0.416 e. The molecule has 3 unspecified atom stereocenters. The zero-order valence-electron chi connectivity index (χ0n) is 22.1. The number of halogens is 3. The number of allylic oxidation sites excluding steroid dienone is 2. The second kappa shape index (κ2) is 11.8. The predicted molar refractivity (Wildman–Crippen MR) is 145 cm³/mol. The number of amides is 1. The van der Waals surface area contributed by atoms with Crippen LogP contribution >= 0.6 is 0 Å². The van der Waals surface area contributed by atoms with Gasteiger partial charge in [-0.3, -0.25) is 9.79 Å². The standard InChI is InChI=1S/C29H32F3N5O2/c1-18-7-6-14-37(17-19(18)2)25-13-12-22(16-26(25)39-3)34-28(38)27(36-33)24-11-5-10-23(35-24)20-8-4-9-21(15-20)29(30,31)32/h4,6,8-9,12-18,23,27,33H,5,7,10-11H2,1-3H3,(H,34,38). The number of hydrogen-bond donors (Lipinski definition) is 2. The van der Waals surface area contributed by atoms with Gasteiger partial charge in [-0.05, 0) is 68.4 Å². The van der Waals surface area contributed by atoms with E-state index in [4.69, 9.17) is 10.3 Å². The highest BCUT2D eigenvalue weighted by Gasteiger charge is 2.32. The smallest absolute Gasteiger partial charge is 0.416 e. The fourth-order valence-corrected chi connectivity index (χ4v) is 4.74. The summed E-state index contributed by atoms with van der Waals surface area (Å²) in [6.45, 7) is 4.25. The maximum absolute atomic E-state index is 13.2. The van der Waals surface area contributed by atoms with E-state index in [0.717, 1.165) is 24.2 Å². The molecule has 7 nitrogen and oxygen atoms in total. The van der Waals surface area contributed by atoms with Crippen molar-refractivity contribution < 1.29 is 22.7 Å². The topological polar surface area (TPSA) is 90.1 Å². The summed E-state index contributed by atoms with van der Waals surface area (Å²) in [5, 5.41) is 6.32. The first kappa shape index (κ1) is 28.1. The minimum Gasteiger partial charge on any atom is -0.494 e. The highest BCUT2D eigenvalue weighted by atomic mass is 19.4. The van der Waals surface area contributed by atoms with Crippen molar-refractivity contribution in [3.63, 3.8) is 0 Å². The van der Waals surface area contributed by atoms with Crippen LogP contribution in [0.25, 0.3) is 0 Å². The van der Waals surface area contributed by atoms with Crippen LogP contribution in [0, 0.1) is 11.4 Å². The summed E-state index contributed by atoms with van der Waals surface area (Å²) in [6.07, 6.45) is 4.23. The van der Waals surface area contributed by atoms with Crippen LogP contribution in [0.2, 0.25) is 0 Å². The molecular formula is C29H32F3N5O2. The number of anilines is 2. The Labute approximate surface area is 226 Å². The van der Waals surface area contributed by atoms with Gasteiger partial charge in [0.15, 0.2) is 6.04 Å². The van der Waals surface area contributed by atoms with Gasteiger partial charge in [0, 0.05) is 29.9 Å². The summed E-state index contributed by atoms with van der Waals surface area (Å²) in [5.74, 6) is 0.440. The van der Waals surface area contributed by atoms with Crippen molar-refractivity contribution in [3.05, 3.63) is 77.6 Å². The molecule has 2 aliphatic rings. The van der Waals surface area contributed by atoms with Crippen LogP contribution in [0.15, 0.2) is 76.6 Å². The summed E-state index contributed by atoms with van der Waals surface area (Å²) in [5.41, 5.74) is 10.2. The Morgan fingerprint density at radius 2 is 2.05 bits per heavy atom. The second-order valence-corrected chi connectivity index (χ2v) is 9.86. The van der Waals surface area contributed by atoms with Gasteiger partial charge in [-0.15, -0.1) is 0 Å². The summed E-state index contributed by atoms with van der Waals surface area (Å²) in [4.78, 5) is 19.7. The van der Waals surface area contributed by atoms with Crippen molar-refractivity contribution in [2.24, 2.45) is 16.0 Å². The Morgan fingerprint density at radius 3 is 2.77 bits per heavy atom. The van der Waals surface area contributed by atoms with Gasteiger partial charge in [0.2, 0.25) is 0 Å². The highest BCUT2D eigenvalue weighted by Crippen LogP contribution is 2.36. The number of methoxy groups -OCH3 is 1. The van der Waals surface area contributed by atoms with Gasteiger partial charge in [-0.1, -0.05) is 30.7 Å². The number of benzene rings is 2. The fraction of sp³-hybridized carbons (Fsp3) is 0.379. The van der Waals surface area contributed by atoms with E-state index >= 15 is 0 Å². The molecule has 3 atom stereocenters. The lowest BCUT2D eigenvalue weighted by atomic mass is 9.93. The van der Waals surface area contributed by atoms with E-state index in [1.807, 2.05) is 17.2 Å². The lowest BCUT2D eigenvalue weighted by Crippen LogP contribution is -2.35. The first-order valence-electron chi connectivity index (χ1n) is 12.8. The normalized spacial score (nSPS) is 20.4. The van der Waals surface area contributed by atoms with Crippen molar-refractivity contribution in [2.45, 2.75) is 57.8 Å². The average molecular weight is 540 g/mol. The molecule has 0 radical (unpaired) electrons. The van der Waals surface area contributed by atoms with E-state index in [-0.39, 0.29) is 0 Å². The van der Waals surface area contributed by atoms with Crippen LogP contribution in [0.1, 0.15) is 56.7 Å². The SMILES string of the molecule is COc1cc(NC(=O)C(N=N)C2=NC(c3cccc(C(F)(F)F)c3)CCC2)ccc1N1C=CCC(C)C(C)=C1. The van der Waals surface area contributed by atoms with Crippen LogP contribution in [0.3, 0.4) is 0 Å². The fourth-order valence-electron chi connectivity index (χ4n) is 4.74. The first-order chi connectivity index (χ1) is 18.6. The molecule has 0 spiro atoms. The zero-order chi connectivity index (χ0) is 28.2. The van der Waals surface area contributed by atoms with Crippen LogP contribution in [-0.4, -0.2) is 24.8 Å². The van der Waals surface area contributed by atoms with Crippen molar-refractivity contribution in [1.82, 2.24) is 0 Å². The molecule has 39 heavy (non-hydrogen) atoms. The van der Waals surface area contributed by atoms with Gasteiger partial charge in [-0.25, -0.2) is 5.53 Å². The lowest BCUT2D eigenvalue weighted by molar-refractivity contribution is -0.137. The van der Waals surface area contributed by atoms with E-state index in [1.54, 1.807) is 25.3 Å². The zero-order valence-corrected chi connectivity index (χ0v) is 22.1. The van der Waals surface area contributed by atoms with Crippen molar-refractivity contribution in [3.8, 4) is 5.75 Å². The third-order valence-electron chi connectivity index (χ3n) is 7.13. The summed E-state index contributed by atoms with van der Waals surface area (Å²) in [6, 6.07) is 8.65. The molecular weight excluding hydrogens is 507 g/mol. The lowest BCUT2D eigenvalue weighted by Gasteiger charge is -2.24. The Morgan fingerprint density at radius 1 is 1.26 bits per heavy atom. The average Bonchev–Trinajstić information content (AvgIpc) is 3.09. The van der Waals surface area contributed by atoms with Crippen LogP contribution < -0.4 is 15.0 Å². The number of nitrogens with zero attached hydrogens (tertiary/aromatic N) is 3.